The summed E-state index contributed by atoms with van der Waals surface area (Å²) in [7, 11) is 0. The molecule has 0 aromatic carbocycles. The van der Waals surface area contributed by atoms with Gasteiger partial charge in [0.05, 0.1) is 19.3 Å². The summed E-state index contributed by atoms with van der Waals surface area (Å²) in [6.07, 6.45) is 7.63. The van der Waals surface area contributed by atoms with E-state index in [9.17, 15) is 4.79 Å². The number of H-pyrrole nitrogens is 1. The van der Waals surface area contributed by atoms with Crippen LogP contribution in [0.15, 0.2) is 30.6 Å². The van der Waals surface area contributed by atoms with E-state index >= 15 is 0 Å². The molecule has 2 aliphatic rings. The van der Waals surface area contributed by atoms with Crippen LogP contribution in [-0.2, 0) is 20.8 Å². The summed E-state index contributed by atoms with van der Waals surface area (Å²) >= 11 is 0. The first-order valence-electron chi connectivity index (χ1n) is 12.8. The van der Waals surface area contributed by atoms with Gasteiger partial charge in [0.15, 0.2) is 11.6 Å². The van der Waals surface area contributed by atoms with Gasteiger partial charge in [0, 0.05) is 48.1 Å². The number of rotatable bonds is 9. The zero-order chi connectivity index (χ0) is 24.9. The molecule has 3 N–H and O–H groups in total. The molecule has 4 atom stereocenters. The normalized spacial score (nSPS) is 22.6. The molecule has 10 nitrogen and oxygen atoms in total. The molecular formula is C26H34N6O4. The monoisotopic (exact) mass is 494 g/mol. The van der Waals surface area contributed by atoms with Gasteiger partial charge in [-0.1, -0.05) is 6.92 Å². The van der Waals surface area contributed by atoms with Crippen molar-refractivity contribution in [2.75, 3.05) is 18.5 Å². The Labute approximate surface area is 210 Å². The number of carbonyl (C=O) groups excluding carboxylic acids is 1. The lowest BCUT2D eigenvalue weighted by molar-refractivity contribution is 0.0323. The Hall–Kier alpha value is -3.24. The van der Waals surface area contributed by atoms with Gasteiger partial charge in [0.2, 0.25) is 0 Å². The van der Waals surface area contributed by atoms with E-state index in [2.05, 4.69) is 30.8 Å². The van der Waals surface area contributed by atoms with Gasteiger partial charge in [0.25, 0.3) is 0 Å². The van der Waals surface area contributed by atoms with Crippen LogP contribution < -0.4 is 10.6 Å². The van der Waals surface area contributed by atoms with Gasteiger partial charge >= 0.3 is 6.09 Å². The predicted molar refractivity (Wildman–Crippen MR) is 135 cm³/mol. The third-order valence-electron chi connectivity index (χ3n) is 7.03. The van der Waals surface area contributed by atoms with E-state index in [1.54, 1.807) is 12.4 Å². The minimum atomic E-state index is -0.335. The summed E-state index contributed by atoms with van der Waals surface area (Å²) < 4.78 is 17.0. The molecule has 1 saturated heterocycles. The Morgan fingerprint density at radius 3 is 2.94 bits per heavy atom. The topological polar surface area (TPSA) is 123 Å². The number of amides is 1. The largest absolute Gasteiger partial charge is 0.446 e. The van der Waals surface area contributed by atoms with Crippen LogP contribution in [0.5, 0.6) is 0 Å². The van der Waals surface area contributed by atoms with Crippen molar-refractivity contribution in [3.8, 4) is 0 Å². The molecule has 4 heterocycles. The van der Waals surface area contributed by atoms with E-state index in [-0.39, 0.29) is 30.3 Å². The molecule has 36 heavy (non-hydrogen) atoms. The number of hydrogen-bond donors (Lipinski definition) is 3. The second-order valence-electron chi connectivity index (χ2n) is 9.65. The van der Waals surface area contributed by atoms with Crippen molar-refractivity contribution in [2.45, 2.75) is 76.7 Å². The Morgan fingerprint density at radius 2 is 2.11 bits per heavy atom. The van der Waals surface area contributed by atoms with Crippen molar-refractivity contribution in [1.82, 2.24) is 25.5 Å². The summed E-state index contributed by atoms with van der Waals surface area (Å²) in [6, 6.07) is 6.05. The number of fused-ring (bicyclic) bond motifs is 1. The highest BCUT2D eigenvalue weighted by Crippen LogP contribution is 2.36. The van der Waals surface area contributed by atoms with Gasteiger partial charge < -0.3 is 24.8 Å². The van der Waals surface area contributed by atoms with E-state index in [0.717, 1.165) is 60.9 Å². The lowest BCUT2D eigenvalue weighted by Gasteiger charge is -2.16. The average Bonchev–Trinajstić information content (AvgIpc) is 3.65. The molecule has 192 valence electrons. The van der Waals surface area contributed by atoms with Crippen molar-refractivity contribution in [2.24, 2.45) is 0 Å². The Kier molecular flexibility index (Phi) is 7.62. The highest BCUT2D eigenvalue weighted by molar-refractivity contribution is 5.91. The summed E-state index contributed by atoms with van der Waals surface area (Å²) in [6.45, 7) is 5.91. The molecule has 0 radical (unpaired) electrons. The van der Waals surface area contributed by atoms with Crippen LogP contribution in [0, 0.1) is 0 Å². The van der Waals surface area contributed by atoms with Crippen LogP contribution in [0.2, 0.25) is 0 Å². The quantitative estimate of drug-likeness (QED) is 0.395. The average molecular weight is 495 g/mol. The highest BCUT2D eigenvalue weighted by Gasteiger charge is 2.30. The number of ether oxygens (including phenoxy) is 3. The fraction of sp³-hybridized carbons (Fsp3) is 0.538. The highest BCUT2D eigenvalue weighted by atomic mass is 16.6. The van der Waals surface area contributed by atoms with Crippen LogP contribution in [0.25, 0.3) is 10.9 Å². The number of anilines is 2. The zero-order valence-corrected chi connectivity index (χ0v) is 20.8. The standard InChI is InChI=1S/C26H34N6O4/c1-3-16(2)29-26(33)36-19-5-4-17(12-19)22-13-23(32-31-22)30-25-24-21(7-10-28-25)18(6-9-27-24)14-35-20-8-11-34-15-20/h6-7,9-10,13,16-17,19-20H,3-5,8,11-12,14-15H2,1-2H3,(H,29,33)(H2,28,30,31,32)/t16?,17-,19+,20?/m0/s1. The molecular weight excluding hydrogens is 460 g/mol. The van der Waals surface area contributed by atoms with Crippen LogP contribution in [-0.4, -0.2) is 57.7 Å². The minimum Gasteiger partial charge on any atom is -0.446 e. The molecule has 1 saturated carbocycles. The third-order valence-corrected chi connectivity index (χ3v) is 7.03. The van der Waals surface area contributed by atoms with Crippen molar-refractivity contribution >= 4 is 28.6 Å². The maximum atomic E-state index is 12.1. The van der Waals surface area contributed by atoms with Crippen LogP contribution in [0.3, 0.4) is 0 Å². The first-order valence-corrected chi connectivity index (χ1v) is 12.8. The maximum Gasteiger partial charge on any atom is 0.407 e. The van der Waals surface area contributed by atoms with Crippen LogP contribution in [0.1, 0.15) is 63.1 Å². The number of pyridine rings is 2. The molecule has 2 fully saturated rings. The Morgan fingerprint density at radius 1 is 1.22 bits per heavy atom. The predicted octanol–water partition coefficient (Wildman–Crippen LogP) is 4.56. The van der Waals surface area contributed by atoms with Gasteiger partial charge in [0.1, 0.15) is 11.6 Å². The summed E-state index contributed by atoms with van der Waals surface area (Å²) in [5.41, 5.74) is 2.86. The summed E-state index contributed by atoms with van der Waals surface area (Å²) in [5.74, 6) is 1.58. The molecule has 2 unspecified atom stereocenters. The lowest BCUT2D eigenvalue weighted by Crippen LogP contribution is -2.34. The van der Waals surface area contributed by atoms with Gasteiger partial charge in [-0.2, -0.15) is 5.10 Å². The number of carbonyl (C=O) groups is 1. The smallest absolute Gasteiger partial charge is 0.407 e. The molecule has 3 aromatic heterocycles. The number of aromatic nitrogens is 4. The van der Waals surface area contributed by atoms with Crippen molar-refractivity contribution in [3.63, 3.8) is 0 Å². The maximum absolute atomic E-state index is 12.1. The first-order chi connectivity index (χ1) is 17.6. The molecule has 1 aliphatic carbocycles. The van der Waals surface area contributed by atoms with E-state index in [0.29, 0.717) is 24.8 Å². The number of alkyl carbamates (subject to hydrolysis) is 1. The molecule has 1 amide bonds. The summed E-state index contributed by atoms with van der Waals surface area (Å²) in [4.78, 5) is 21.1. The molecule has 10 heteroatoms. The second-order valence-corrected chi connectivity index (χ2v) is 9.65. The van der Waals surface area contributed by atoms with Crippen molar-refractivity contribution in [3.05, 3.63) is 41.9 Å². The first kappa shape index (κ1) is 24.5. The van der Waals surface area contributed by atoms with E-state index in [4.69, 9.17) is 14.2 Å². The van der Waals surface area contributed by atoms with E-state index < -0.39 is 0 Å². The Balaban J connectivity index is 1.22. The van der Waals surface area contributed by atoms with Crippen molar-refractivity contribution < 1.29 is 19.0 Å². The number of nitrogens with zero attached hydrogens (tertiary/aromatic N) is 3. The van der Waals surface area contributed by atoms with Crippen LogP contribution in [0.4, 0.5) is 16.4 Å². The minimum absolute atomic E-state index is 0.0841. The fourth-order valence-corrected chi connectivity index (χ4v) is 4.75. The SMILES string of the molecule is CCC(C)NC(=O)O[C@@H]1CC[C@H](c2cc(Nc3nccc4c(COC5CCOC5)ccnc34)n[nH]2)C1. The number of hydrogen-bond acceptors (Lipinski definition) is 8. The lowest BCUT2D eigenvalue weighted by atomic mass is 10.0. The second kappa shape index (κ2) is 11.2. The third kappa shape index (κ3) is 5.76. The van der Waals surface area contributed by atoms with Gasteiger partial charge in [-0.05, 0) is 56.7 Å². The molecule has 0 spiro atoms. The van der Waals surface area contributed by atoms with Gasteiger partial charge in [-0.25, -0.2) is 9.78 Å². The van der Waals surface area contributed by atoms with Crippen LogP contribution >= 0.6 is 0 Å². The number of aromatic amines is 1. The zero-order valence-electron chi connectivity index (χ0n) is 20.8. The molecule has 0 bridgehead atoms. The molecule has 5 rings (SSSR count). The number of nitrogens with one attached hydrogen (secondary N) is 3. The Bertz CT molecular complexity index is 1180. The van der Waals surface area contributed by atoms with Gasteiger partial charge in [-0.15, -0.1) is 0 Å². The molecule has 1 aliphatic heterocycles. The van der Waals surface area contributed by atoms with Gasteiger partial charge in [-0.3, -0.25) is 10.1 Å². The summed E-state index contributed by atoms with van der Waals surface area (Å²) in [5, 5.41) is 14.8. The van der Waals surface area contributed by atoms with E-state index in [1.807, 2.05) is 32.0 Å². The fourth-order valence-electron chi connectivity index (χ4n) is 4.75. The molecule has 3 aromatic rings. The van der Waals surface area contributed by atoms with Crippen molar-refractivity contribution in [1.29, 1.82) is 0 Å². The van der Waals surface area contributed by atoms with E-state index in [1.165, 1.54) is 0 Å².